The maximum absolute atomic E-state index is 15.2. The Labute approximate surface area is 451 Å². The standard InChI is InChI=1S/C54H73BrF2N8O9S/c1-33-23-24-38(55)37-30-61-46(67)42(28-35-31-65(51(71)74-54(8,9)10)41-22-13-12-19-36(35)41)63(11)48(68)40(20-14-15-27-64(32-43(56)57)50(70)73-53(5,6)7)62-45(66)39(21-17-26-59-49(69)72-52(2,3)4)60-29-34-18-16-25-58-47(34)75-44(33)37/h12-13,16,18-19,22-25,31,39-40,42-43,60H,14-15,17,20-21,26-30,32H2,1-11H3,(H,59,69)(H,61,67)(H,62,66)/t39-,40-,42-/m0/s1. The average molecular weight is 1130 g/mol. The van der Waals surface area contributed by atoms with Gasteiger partial charge in [-0.05, 0) is 142 Å². The van der Waals surface area contributed by atoms with E-state index in [0.29, 0.717) is 27.9 Å². The summed E-state index contributed by atoms with van der Waals surface area (Å²) in [4.78, 5) is 92.0. The second kappa shape index (κ2) is 26.3. The molecule has 4 aromatic rings. The Bertz CT molecular complexity index is 2670. The van der Waals surface area contributed by atoms with Gasteiger partial charge in [-0.2, -0.15) is 0 Å². The lowest BCUT2D eigenvalue weighted by atomic mass is 10.0. The molecule has 5 amide bonds. The highest BCUT2D eigenvalue weighted by Gasteiger charge is 2.35. The molecule has 0 saturated heterocycles. The molecule has 0 radical (unpaired) electrons. The number of nitrogens with zero attached hydrogens (tertiary/aromatic N) is 4. The first kappa shape index (κ1) is 60.1. The number of ether oxygens (including phenoxy) is 3. The number of unbranched alkanes of at least 4 members (excludes halogenated alkanes) is 1. The topological polar surface area (TPSA) is 203 Å². The molecule has 3 atom stereocenters. The average Bonchev–Trinajstić information content (AvgIpc) is 3.68. The number of hydrogen-bond acceptors (Lipinski definition) is 12. The van der Waals surface area contributed by atoms with E-state index in [1.54, 1.807) is 99.0 Å². The Morgan fingerprint density at radius 2 is 1.55 bits per heavy atom. The van der Waals surface area contributed by atoms with Crippen LogP contribution in [0.4, 0.5) is 23.2 Å². The largest absolute Gasteiger partial charge is 0.444 e. The van der Waals surface area contributed by atoms with Crippen molar-refractivity contribution in [1.82, 2.24) is 40.6 Å². The molecule has 0 fully saturated rings. The van der Waals surface area contributed by atoms with Crippen molar-refractivity contribution in [1.29, 1.82) is 0 Å². The van der Waals surface area contributed by atoms with E-state index in [1.807, 2.05) is 31.2 Å². The van der Waals surface area contributed by atoms with Crippen LogP contribution in [0.2, 0.25) is 0 Å². The predicted octanol–water partition coefficient (Wildman–Crippen LogP) is 9.66. The fourth-order valence-corrected chi connectivity index (χ4v) is 9.97. The van der Waals surface area contributed by atoms with Gasteiger partial charge in [-0.3, -0.25) is 19.0 Å². The molecule has 2 aromatic heterocycles. The highest BCUT2D eigenvalue weighted by atomic mass is 79.9. The minimum Gasteiger partial charge on any atom is -0.444 e. The van der Waals surface area contributed by atoms with Crippen molar-refractivity contribution in [2.45, 2.75) is 172 Å². The fourth-order valence-electron chi connectivity index (χ4n) is 8.26. The summed E-state index contributed by atoms with van der Waals surface area (Å²) in [6.07, 6.45) is -0.986. The zero-order valence-corrected chi connectivity index (χ0v) is 47.3. The van der Waals surface area contributed by atoms with Crippen LogP contribution in [-0.2, 0) is 48.1 Å². The lowest BCUT2D eigenvalue weighted by molar-refractivity contribution is -0.142. The molecule has 2 aromatic carbocycles. The molecule has 0 aliphatic carbocycles. The van der Waals surface area contributed by atoms with Crippen LogP contribution in [-0.4, -0.2) is 123 Å². The number of rotatable bonds is 13. The predicted molar refractivity (Wildman–Crippen MR) is 287 cm³/mol. The number of alkyl halides is 2. The zero-order chi connectivity index (χ0) is 55.4. The minimum atomic E-state index is -2.84. The number of aromatic nitrogens is 2. The molecular weight excluding hydrogens is 1050 g/mol. The van der Waals surface area contributed by atoms with E-state index < -0.39 is 83.9 Å². The number of alkyl carbamates (subject to hydrolysis) is 1. The van der Waals surface area contributed by atoms with Crippen molar-refractivity contribution in [3.63, 3.8) is 0 Å². The van der Waals surface area contributed by atoms with Crippen LogP contribution in [0.1, 0.15) is 117 Å². The molecule has 3 heterocycles. The van der Waals surface area contributed by atoms with Crippen LogP contribution in [0.25, 0.3) is 10.9 Å². The van der Waals surface area contributed by atoms with Crippen molar-refractivity contribution in [3.05, 3.63) is 87.7 Å². The number of amides is 5. The van der Waals surface area contributed by atoms with Gasteiger partial charge in [-0.25, -0.2) is 28.1 Å². The summed E-state index contributed by atoms with van der Waals surface area (Å²) >= 11 is 5.13. The van der Waals surface area contributed by atoms with Gasteiger partial charge in [0.2, 0.25) is 17.7 Å². The smallest absolute Gasteiger partial charge is 0.419 e. The van der Waals surface area contributed by atoms with Crippen molar-refractivity contribution < 1.29 is 51.8 Å². The number of likely N-dealkylation sites (N-methyl/N-ethyl adjacent to an activating group) is 1. The third-order valence-corrected chi connectivity index (χ3v) is 13.9. The van der Waals surface area contributed by atoms with E-state index in [1.165, 1.54) is 28.3 Å². The van der Waals surface area contributed by atoms with Crippen LogP contribution in [0.15, 0.2) is 75.3 Å². The van der Waals surface area contributed by atoms with Crippen LogP contribution >= 0.6 is 27.7 Å². The van der Waals surface area contributed by atoms with Gasteiger partial charge in [0.05, 0.1) is 18.1 Å². The monoisotopic (exact) mass is 1130 g/mol. The van der Waals surface area contributed by atoms with Crippen LogP contribution in [0.5, 0.6) is 0 Å². The van der Waals surface area contributed by atoms with Gasteiger partial charge >= 0.3 is 18.3 Å². The second-order valence-electron chi connectivity index (χ2n) is 21.5. The normalized spacial score (nSPS) is 17.3. The van der Waals surface area contributed by atoms with Gasteiger partial charge in [0.1, 0.15) is 33.9 Å². The molecule has 0 saturated carbocycles. The maximum atomic E-state index is 15.2. The molecule has 21 heteroatoms. The number of carbonyl (C=O) groups excluding carboxylic acids is 6. The Morgan fingerprint density at radius 1 is 0.867 bits per heavy atom. The SMILES string of the molecule is Cc1ccc(Br)c2c1Sc1ncccc1CN[C@@H](CCCNC(=O)OC(C)(C)C)C(=O)N[C@@H](CCCCN(CC(F)F)C(=O)OC(C)(C)C)C(=O)N(C)[C@@H](Cc1cn(C(=O)OC(C)(C)C)c3ccccc13)C(=O)NC2. The summed E-state index contributed by atoms with van der Waals surface area (Å²) in [6, 6.07) is 11.3. The van der Waals surface area contributed by atoms with Crippen molar-refractivity contribution in [2.75, 3.05) is 26.7 Å². The third kappa shape index (κ3) is 18.2. The molecule has 0 bridgehead atoms. The number of hydrogen-bond donors (Lipinski definition) is 4. The number of benzene rings is 2. The zero-order valence-electron chi connectivity index (χ0n) is 44.9. The molecule has 4 N–H and O–H groups in total. The van der Waals surface area contributed by atoms with Crippen LogP contribution in [0.3, 0.4) is 0 Å². The summed E-state index contributed by atoms with van der Waals surface area (Å²) in [5.41, 5.74) is 1.03. The highest BCUT2D eigenvalue weighted by molar-refractivity contribution is 9.10. The van der Waals surface area contributed by atoms with E-state index in [2.05, 4.69) is 37.2 Å². The Balaban J connectivity index is 1.59. The Hall–Kier alpha value is -5.80. The Kier molecular flexibility index (Phi) is 21.1. The third-order valence-electron chi connectivity index (χ3n) is 11.8. The Morgan fingerprint density at radius 3 is 2.23 bits per heavy atom. The van der Waals surface area contributed by atoms with E-state index in [9.17, 15) is 32.8 Å². The number of aryl methyl sites for hydroxylation is 1. The van der Waals surface area contributed by atoms with Gasteiger partial charge in [0.25, 0.3) is 6.43 Å². The number of halogens is 3. The molecule has 75 heavy (non-hydrogen) atoms. The summed E-state index contributed by atoms with van der Waals surface area (Å²) in [6.45, 7) is 16.8. The van der Waals surface area contributed by atoms with E-state index in [0.717, 1.165) is 31.0 Å². The number of carbonyl (C=O) groups is 6. The molecule has 5 rings (SSSR count). The number of fused-ring (bicyclic) bond motifs is 3. The van der Waals surface area contributed by atoms with Gasteiger partial charge in [-0.1, -0.05) is 58.0 Å². The molecular formula is C54H73BrF2N8O9S. The first-order chi connectivity index (χ1) is 35.1. The second-order valence-corrected chi connectivity index (χ2v) is 23.4. The van der Waals surface area contributed by atoms with E-state index in [-0.39, 0.29) is 58.3 Å². The lowest BCUT2D eigenvalue weighted by Gasteiger charge is -2.32. The highest BCUT2D eigenvalue weighted by Crippen LogP contribution is 2.37. The maximum Gasteiger partial charge on any atom is 0.419 e. The number of para-hydroxylation sites is 1. The quantitative estimate of drug-likeness (QED) is 0.0731. The van der Waals surface area contributed by atoms with Gasteiger partial charge < -0.3 is 45.3 Å². The lowest BCUT2D eigenvalue weighted by Crippen LogP contribution is -2.57. The van der Waals surface area contributed by atoms with E-state index in [4.69, 9.17) is 19.2 Å². The number of pyridine rings is 1. The molecule has 410 valence electrons. The molecule has 17 nitrogen and oxygen atoms in total. The van der Waals surface area contributed by atoms with Gasteiger partial charge in [0, 0.05) is 66.8 Å². The summed E-state index contributed by atoms with van der Waals surface area (Å²) in [5.74, 6) is -1.72. The van der Waals surface area contributed by atoms with Gasteiger partial charge in [0.15, 0.2) is 0 Å². The van der Waals surface area contributed by atoms with Gasteiger partial charge in [-0.15, -0.1) is 0 Å². The van der Waals surface area contributed by atoms with E-state index >= 15 is 4.79 Å². The molecule has 1 aliphatic rings. The van der Waals surface area contributed by atoms with Crippen molar-refractivity contribution >= 4 is 74.6 Å². The fraction of sp³-hybridized carbons (Fsp3) is 0.537. The molecule has 0 spiro atoms. The molecule has 1 aliphatic heterocycles. The summed E-state index contributed by atoms with van der Waals surface area (Å²) < 4.78 is 46.2. The van der Waals surface area contributed by atoms with Crippen molar-refractivity contribution in [3.8, 4) is 0 Å². The first-order valence-corrected chi connectivity index (χ1v) is 26.7. The summed E-state index contributed by atoms with van der Waals surface area (Å²) in [5, 5.41) is 13.5. The van der Waals surface area contributed by atoms with Crippen LogP contribution < -0.4 is 21.3 Å². The van der Waals surface area contributed by atoms with Crippen LogP contribution in [0, 0.1) is 6.92 Å². The minimum absolute atomic E-state index is 0.0199. The summed E-state index contributed by atoms with van der Waals surface area (Å²) in [7, 11) is 1.48. The first-order valence-electron chi connectivity index (χ1n) is 25.1. The van der Waals surface area contributed by atoms with Crippen molar-refractivity contribution in [2.24, 2.45) is 0 Å². The number of nitrogens with one attached hydrogen (secondary N) is 4. The molecule has 0 unspecified atom stereocenters.